The number of benzene rings is 2. The summed E-state index contributed by atoms with van der Waals surface area (Å²) in [4.78, 5) is 1.81. The minimum absolute atomic E-state index is 0.287. The molecule has 2 nitrogen and oxygen atoms in total. The van der Waals surface area contributed by atoms with E-state index in [4.69, 9.17) is 5.26 Å². The van der Waals surface area contributed by atoms with Gasteiger partial charge in [-0.3, -0.25) is 0 Å². The maximum atomic E-state index is 13.2. The first-order valence-electron chi connectivity index (χ1n) is 5.62. The molecule has 0 bridgehead atoms. The third-order valence-corrected chi connectivity index (χ3v) is 2.83. The van der Waals surface area contributed by atoms with Crippen LogP contribution in [0.2, 0.25) is 0 Å². The summed E-state index contributed by atoms with van der Waals surface area (Å²) in [7, 11) is 1.82. The summed E-state index contributed by atoms with van der Waals surface area (Å²) in [6, 6.07) is 14.1. The van der Waals surface area contributed by atoms with Crippen molar-refractivity contribution in [1.82, 2.24) is 0 Å². The van der Waals surface area contributed by atoms with E-state index in [-0.39, 0.29) is 5.82 Å². The fourth-order valence-electron chi connectivity index (χ4n) is 1.84. The van der Waals surface area contributed by atoms with Crippen LogP contribution in [0.25, 0.3) is 0 Å². The highest BCUT2D eigenvalue weighted by Gasteiger charge is 2.10. The van der Waals surface area contributed by atoms with Gasteiger partial charge in [0.25, 0.3) is 0 Å². The van der Waals surface area contributed by atoms with Crippen LogP contribution < -0.4 is 4.90 Å². The van der Waals surface area contributed by atoms with Crippen molar-refractivity contribution in [1.29, 1.82) is 5.26 Å². The molecule has 0 saturated carbocycles. The number of hydrogen-bond acceptors (Lipinski definition) is 2. The second kappa shape index (κ2) is 4.89. The van der Waals surface area contributed by atoms with E-state index in [2.05, 4.69) is 6.07 Å². The quantitative estimate of drug-likeness (QED) is 0.798. The van der Waals surface area contributed by atoms with E-state index in [0.29, 0.717) is 5.56 Å². The Kier molecular flexibility index (Phi) is 3.29. The molecule has 0 spiro atoms. The number of halogens is 1. The van der Waals surface area contributed by atoms with E-state index in [1.54, 1.807) is 12.1 Å². The lowest BCUT2D eigenvalue weighted by Gasteiger charge is -2.21. The zero-order valence-corrected chi connectivity index (χ0v) is 10.3. The van der Waals surface area contributed by atoms with Crippen LogP contribution in [0.5, 0.6) is 0 Å². The lowest BCUT2D eigenvalue weighted by Crippen LogP contribution is -2.11. The zero-order chi connectivity index (χ0) is 13.1. The molecule has 90 valence electrons. The maximum absolute atomic E-state index is 13.2. The highest BCUT2D eigenvalue weighted by Crippen LogP contribution is 2.27. The predicted molar refractivity (Wildman–Crippen MR) is 70.4 cm³/mol. The van der Waals surface area contributed by atoms with Crippen molar-refractivity contribution in [3.05, 3.63) is 59.4 Å². The summed E-state index contributed by atoms with van der Waals surface area (Å²) in [5.41, 5.74) is 3.14. The number of nitrogens with zero attached hydrogens (tertiary/aromatic N) is 2. The van der Waals surface area contributed by atoms with Gasteiger partial charge in [0.05, 0.1) is 11.3 Å². The third-order valence-electron chi connectivity index (χ3n) is 2.83. The molecule has 3 heteroatoms. The van der Waals surface area contributed by atoms with Gasteiger partial charge < -0.3 is 4.90 Å². The molecule has 2 aromatic carbocycles. The Hall–Kier alpha value is -2.34. The molecule has 0 heterocycles. The summed E-state index contributed by atoms with van der Waals surface area (Å²) >= 11 is 0. The van der Waals surface area contributed by atoms with Gasteiger partial charge in [0.15, 0.2) is 0 Å². The van der Waals surface area contributed by atoms with Crippen molar-refractivity contribution in [2.45, 2.75) is 6.92 Å². The lowest BCUT2D eigenvalue weighted by atomic mass is 10.1. The molecule has 0 aliphatic carbocycles. The van der Waals surface area contributed by atoms with Crippen molar-refractivity contribution in [2.75, 3.05) is 11.9 Å². The number of anilines is 2. The zero-order valence-electron chi connectivity index (χ0n) is 10.3. The summed E-state index contributed by atoms with van der Waals surface area (Å²) in [6.07, 6.45) is 0. The average molecular weight is 240 g/mol. The molecular weight excluding hydrogens is 227 g/mol. The smallest absolute Gasteiger partial charge is 0.125 e. The fraction of sp³-hybridized carbons (Fsp3) is 0.133. The second-order valence-corrected chi connectivity index (χ2v) is 4.17. The predicted octanol–water partition coefficient (Wildman–Crippen LogP) is 3.77. The molecule has 0 N–H and O–H groups in total. The van der Waals surface area contributed by atoms with Crippen molar-refractivity contribution in [3.63, 3.8) is 0 Å². The molecule has 18 heavy (non-hydrogen) atoms. The van der Waals surface area contributed by atoms with Crippen molar-refractivity contribution >= 4 is 11.4 Å². The molecule has 0 aliphatic rings. The van der Waals surface area contributed by atoms with Crippen LogP contribution in [-0.2, 0) is 0 Å². The van der Waals surface area contributed by atoms with Gasteiger partial charge in [-0.15, -0.1) is 0 Å². The first-order valence-corrected chi connectivity index (χ1v) is 5.62. The van der Waals surface area contributed by atoms with Crippen LogP contribution in [-0.4, -0.2) is 7.05 Å². The van der Waals surface area contributed by atoms with Crippen molar-refractivity contribution in [3.8, 4) is 6.07 Å². The Morgan fingerprint density at radius 3 is 2.61 bits per heavy atom. The van der Waals surface area contributed by atoms with Crippen LogP contribution in [0.3, 0.4) is 0 Å². The molecule has 0 saturated heterocycles. The number of nitriles is 1. The summed E-state index contributed by atoms with van der Waals surface area (Å²) in [5.74, 6) is -0.287. The van der Waals surface area contributed by atoms with Gasteiger partial charge >= 0.3 is 0 Å². The maximum Gasteiger partial charge on any atom is 0.125 e. The van der Waals surface area contributed by atoms with Crippen LogP contribution in [0.4, 0.5) is 15.8 Å². The molecule has 0 aliphatic heterocycles. The molecule has 2 aromatic rings. The van der Waals surface area contributed by atoms with E-state index in [1.165, 1.54) is 12.1 Å². The molecule has 0 unspecified atom stereocenters. The Labute approximate surface area is 106 Å². The van der Waals surface area contributed by atoms with Crippen LogP contribution in [0.15, 0.2) is 42.5 Å². The lowest BCUT2D eigenvalue weighted by molar-refractivity contribution is 0.628. The SMILES string of the molecule is Cc1ccc(C#N)c(N(C)c2cccc(F)c2)c1. The topological polar surface area (TPSA) is 27.0 Å². The van der Waals surface area contributed by atoms with Gasteiger partial charge in [0.1, 0.15) is 11.9 Å². The van der Waals surface area contributed by atoms with Gasteiger partial charge in [0, 0.05) is 12.7 Å². The van der Waals surface area contributed by atoms with Gasteiger partial charge in [0.2, 0.25) is 0 Å². The first kappa shape index (κ1) is 12.1. The Balaban J connectivity index is 2.49. The number of hydrogen-bond donors (Lipinski definition) is 0. The minimum atomic E-state index is -0.287. The monoisotopic (exact) mass is 240 g/mol. The number of aryl methyl sites for hydroxylation is 1. The highest BCUT2D eigenvalue weighted by molar-refractivity contribution is 5.69. The summed E-state index contributed by atoms with van der Waals surface area (Å²) in [5, 5.41) is 9.11. The molecule has 2 rings (SSSR count). The molecule has 0 radical (unpaired) electrons. The standard InChI is InChI=1S/C15H13FN2/c1-11-6-7-12(10-17)15(8-11)18(2)14-5-3-4-13(16)9-14/h3-9H,1-2H3. The molecule has 0 aromatic heterocycles. The summed E-state index contributed by atoms with van der Waals surface area (Å²) in [6.45, 7) is 1.96. The summed E-state index contributed by atoms with van der Waals surface area (Å²) < 4.78 is 13.2. The van der Waals surface area contributed by atoms with Crippen LogP contribution >= 0.6 is 0 Å². The normalized spacial score (nSPS) is 9.89. The van der Waals surface area contributed by atoms with Gasteiger partial charge in [-0.05, 0) is 42.8 Å². The Morgan fingerprint density at radius 2 is 1.94 bits per heavy atom. The van der Waals surface area contributed by atoms with Gasteiger partial charge in [-0.2, -0.15) is 5.26 Å². The molecule has 0 amide bonds. The van der Waals surface area contributed by atoms with Gasteiger partial charge in [-0.1, -0.05) is 12.1 Å². The van der Waals surface area contributed by atoms with E-state index in [0.717, 1.165) is 16.9 Å². The Morgan fingerprint density at radius 1 is 1.17 bits per heavy atom. The van der Waals surface area contributed by atoms with Crippen LogP contribution in [0.1, 0.15) is 11.1 Å². The van der Waals surface area contributed by atoms with Crippen molar-refractivity contribution < 1.29 is 4.39 Å². The Bertz CT molecular complexity index is 614. The van der Waals surface area contributed by atoms with E-state index >= 15 is 0 Å². The third kappa shape index (κ3) is 2.33. The largest absolute Gasteiger partial charge is 0.343 e. The molecular formula is C15H13FN2. The fourth-order valence-corrected chi connectivity index (χ4v) is 1.84. The minimum Gasteiger partial charge on any atom is -0.343 e. The van der Waals surface area contributed by atoms with Crippen molar-refractivity contribution in [2.24, 2.45) is 0 Å². The van der Waals surface area contributed by atoms with E-state index in [1.807, 2.05) is 37.1 Å². The first-order chi connectivity index (χ1) is 8.61. The second-order valence-electron chi connectivity index (χ2n) is 4.17. The van der Waals surface area contributed by atoms with E-state index in [9.17, 15) is 4.39 Å². The molecule has 0 atom stereocenters. The average Bonchev–Trinajstić information content (AvgIpc) is 2.38. The van der Waals surface area contributed by atoms with E-state index < -0.39 is 0 Å². The molecule has 0 fully saturated rings. The highest BCUT2D eigenvalue weighted by atomic mass is 19.1. The van der Waals surface area contributed by atoms with Crippen LogP contribution in [0, 0.1) is 24.1 Å². The van der Waals surface area contributed by atoms with Gasteiger partial charge in [-0.25, -0.2) is 4.39 Å². The number of rotatable bonds is 2.